The molecule has 1 aromatic heterocycles. The zero-order valence-corrected chi connectivity index (χ0v) is 16.6. The van der Waals surface area contributed by atoms with E-state index in [9.17, 15) is 4.79 Å². The van der Waals surface area contributed by atoms with Crippen LogP contribution in [-0.4, -0.2) is 17.1 Å². The Hall–Kier alpha value is -2.10. The number of aromatic nitrogens is 1. The minimum Gasteiger partial charge on any atom is -0.358 e. The number of benzene rings is 1. The summed E-state index contributed by atoms with van der Waals surface area (Å²) in [5.74, 6) is 0.847. The Morgan fingerprint density at radius 1 is 1.15 bits per heavy atom. The summed E-state index contributed by atoms with van der Waals surface area (Å²) >= 11 is 0. The van der Waals surface area contributed by atoms with Crippen molar-refractivity contribution in [1.29, 1.82) is 0 Å². The normalized spacial score (nSPS) is 37.4. The van der Waals surface area contributed by atoms with Crippen molar-refractivity contribution in [3.63, 3.8) is 0 Å². The zero-order valence-electron chi connectivity index (χ0n) is 16.6. The molecule has 0 radical (unpaired) electrons. The van der Waals surface area contributed by atoms with Crippen LogP contribution < -0.4 is 5.43 Å². The Morgan fingerprint density at radius 2 is 1.85 bits per heavy atom. The molecule has 142 valence electrons. The molecular weight excluding hydrogens is 334 g/mol. The van der Waals surface area contributed by atoms with Crippen LogP contribution in [0.25, 0.3) is 10.9 Å². The summed E-state index contributed by atoms with van der Waals surface area (Å²) in [4.78, 5) is 16.6. The van der Waals surface area contributed by atoms with E-state index in [0.29, 0.717) is 16.7 Å². The molecule has 1 amide bonds. The van der Waals surface area contributed by atoms with Crippen molar-refractivity contribution in [3.8, 4) is 0 Å². The highest BCUT2D eigenvalue weighted by Crippen LogP contribution is 2.69. The molecule has 2 atom stereocenters. The van der Waals surface area contributed by atoms with Gasteiger partial charge in [-0.1, -0.05) is 32.0 Å². The number of hydrogen-bond acceptors (Lipinski definition) is 2. The van der Waals surface area contributed by atoms with E-state index in [2.05, 4.69) is 41.5 Å². The number of H-pyrrole nitrogens is 1. The van der Waals surface area contributed by atoms with Gasteiger partial charge >= 0.3 is 0 Å². The van der Waals surface area contributed by atoms with Crippen LogP contribution in [0.15, 0.2) is 29.4 Å². The molecule has 4 heteroatoms. The van der Waals surface area contributed by atoms with Gasteiger partial charge in [-0.3, -0.25) is 4.79 Å². The van der Waals surface area contributed by atoms with Crippen molar-refractivity contribution in [2.45, 2.75) is 59.3 Å². The average molecular weight is 364 g/mol. The number of nitrogens with zero attached hydrogens (tertiary/aromatic N) is 1. The molecule has 4 nitrogen and oxygen atoms in total. The maximum absolute atomic E-state index is 13.2. The maximum Gasteiger partial charge on any atom is 0.246 e. The second-order valence-electron chi connectivity index (χ2n) is 10.3. The van der Waals surface area contributed by atoms with Gasteiger partial charge in [0.1, 0.15) is 0 Å². The minimum atomic E-state index is -0.213. The van der Waals surface area contributed by atoms with Gasteiger partial charge < -0.3 is 4.98 Å². The van der Waals surface area contributed by atoms with E-state index in [1.165, 1.54) is 19.3 Å². The van der Waals surface area contributed by atoms with Crippen LogP contribution in [0.4, 0.5) is 0 Å². The number of aryl methyl sites for hydroxylation is 1. The number of carbonyl (C=O) groups excluding carboxylic acids is 1. The summed E-state index contributed by atoms with van der Waals surface area (Å²) in [6.07, 6.45) is 8.79. The monoisotopic (exact) mass is 363 g/mol. The lowest BCUT2D eigenvalue weighted by Crippen LogP contribution is -2.59. The fraction of sp³-hybridized carbons (Fsp3) is 0.565. The lowest BCUT2D eigenvalue weighted by molar-refractivity contribution is -0.170. The van der Waals surface area contributed by atoms with E-state index in [1.807, 2.05) is 19.1 Å². The molecule has 0 saturated heterocycles. The van der Waals surface area contributed by atoms with Crippen LogP contribution in [0.2, 0.25) is 0 Å². The Balaban J connectivity index is 1.38. The molecular formula is C23H29N3O. The first kappa shape index (κ1) is 17.0. The standard InChI is InChI=1S/C23H29N3O/c1-15-18(17-6-4-5-7-19(17)25-15)11-24-26-20(27)23-10-16-8-21(2,13-23)12-22(3,9-16)14-23/h4-7,11,16,25H,8-10,12-14H2,1-3H3,(H,26,27)/b24-11+. The van der Waals surface area contributed by atoms with Gasteiger partial charge in [-0.2, -0.15) is 5.10 Å². The lowest BCUT2D eigenvalue weighted by Gasteiger charge is -2.64. The van der Waals surface area contributed by atoms with E-state index in [0.717, 1.165) is 41.4 Å². The van der Waals surface area contributed by atoms with E-state index < -0.39 is 0 Å². The zero-order chi connectivity index (χ0) is 18.9. The van der Waals surface area contributed by atoms with Gasteiger partial charge in [-0.15, -0.1) is 0 Å². The fourth-order valence-electron chi connectivity index (χ4n) is 7.44. The van der Waals surface area contributed by atoms with Gasteiger partial charge in [0.2, 0.25) is 5.91 Å². The summed E-state index contributed by atoms with van der Waals surface area (Å²) in [6, 6.07) is 8.20. The summed E-state index contributed by atoms with van der Waals surface area (Å²) < 4.78 is 0. The van der Waals surface area contributed by atoms with E-state index in [4.69, 9.17) is 0 Å². The SMILES string of the molecule is Cc1[nH]c2ccccc2c1/C=N/NC(=O)C12CC3CC(C)(CC(C)(C3)C1)C2. The molecule has 1 aromatic carbocycles. The number of rotatable bonds is 3. The third-order valence-electron chi connectivity index (χ3n) is 7.41. The number of carbonyl (C=O) groups is 1. The molecule has 2 unspecified atom stereocenters. The summed E-state index contributed by atoms with van der Waals surface area (Å²) in [6.45, 7) is 6.84. The van der Waals surface area contributed by atoms with Crippen molar-refractivity contribution in [2.75, 3.05) is 0 Å². The maximum atomic E-state index is 13.2. The predicted molar refractivity (Wildman–Crippen MR) is 109 cm³/mol. The van der Waals surface area contributed by atoms with Crippen molar-refractivity contribution in [1.82, 2.24) is 10.4 Å². The molecule has 4 fully saturated rings. The van der Waals surface area contributed by atoms with Gasteiger partial charge in [0.05, 0.1) is 11.6 Å². The number of nitrogens with one attached hydrogen (secondary N) is 2. The molecule has 6 rings (SSSR count). The van der Waals surface area contributed by atoms with Crippen molar-refractivity contribution in [2.24, 2.45) is 27.3 Å². The Bertz CT molecular complexity index is 938. The minimum absolute atomic E-state index is 0.137. The second kappa shape index (κ2) is 5.46. The molecule has 0 aliphatic heterocycles. The first-order chi connectivity index (χ1) is 12.8. The largest absolute Gasteiger partial charge is 0.358 e. The average Bonchev–Trinajstić information content (AvgIpc) is 2.87. The molecule has 4 aliphatic carbocycles. The van der Waals surface area contributed by atoms with Crippen LogP contribution in [0.3, 0.4) is 0 Å². The van der Waals surface area contributed by atoms with E-state index in [-0.39, 0.29) is 11.3 Å². The third kappa shape index (κ3) is 2.64. The molecule has 1 heterocycles. The number of fused-ring (bicyclic) bond motifs is 1. The highest BCUT2D eigenvalue weighted by Gasteiger charge is 2.62. The summed E-state index contributed by atoms with van der Waals surface area (Å²) in [5, 5.41) is 5.52. The third-order valence-corrected chi connectivity index (χ3v) is 7.41. The van der Waals surface area contributed by atoms with Crippen molar-refractivity contribution in [3.05, 3.63) is 35.5 Å². The van der Waals surface area contributed by atoms with Gasteiger partial charge in [-0.25, -0.2) is 5.43 Å². The molecule has 2 aromatic rings. The number of amides is 1. The smallest absolute Gasteiger partial charge is 0.246 e. The van der Waals surface area contributed by atoms with Gasteiger partial charge in [0.15, 0.2) is 0 Å². The molecule has 0 spiro atoms. The Kier molecular flexibility index (Phi) is 3.45. The van der Waals surface area contributed by atoms with Gasteiger partial charge in [0.25, 0.3) is 0 Å². The van der Waals surface area contributed by atoms with Crippen LogP contribution in [0, 0.1) is 29.1 Å². The number of para-hydroxylation sites is 1. The van der Waals surface area contributed by atoms with Crippen molar-refractivity contribution < 1.29 is 4.79 Å². The number of hydrazone groups is 1. The fourth-order valence-corrected chi connectivity index (χ4v) is 7.44. The van der Waals surface area contributed by atoms with Crippen LogP contribution in [-0.2, 0) is 4.79 Å². The van der Waals surface area contributed by atoms with E-state index in [1.54, 1.807) is 6.21 Å². The number of hydrogen-bond donors (Lipinski definition) is 2. The topological polar surface area (TPSA) is 57.2 Å². The summed E-state index contributed by atoms with van der Waals surface area (Å²) in [7, 11) is 0. The Labute approximate surface area is 160 Å². The first-order valence-electron chi connectivity index (χ1n) is 10.2. The highest BCUT2D eigenvalue weighted by atomic mass is 16.2. The summed E-state index contributed by atoms with van der Waals surface area (Å²) in [5.41, 5.74) is 6.61. The molecule has 27 heavy (non-hydrogen) atoms. The Morgan fingerprint density at radius 3 is 2.56 bits per heavy atom. The van der Waals surface area contributed by atoms with Crippen LogP contribution in [0.1, 0.15) is 63.6 Å². The lowest BCUT2D eigenvalue weighted by atomic mass is 9.40. The van der Waals surface area contributed by atoms with Gasteiger partial charge in [0, 0.05) is 22.2 Å². The quantitative estimate of drug-likeness (QED) is 0.590. The van der Waals surface area contributed by atoms with E-state index >= 15 is 0 Å². The number of aromatic amines is 1. The second-order valence-corrected chi connectivity index (χ2v) is 10.3. The van der Waals surface area contributed by atoms with Gasteiger partial charge in [-0.05, 0) is 68.3 Å². The molecule has 4 saturated carbocycles. The van der Waals surface area contributed by atoms with Crippen molar-refractivity contribution >= 4 is 23.0 Å². The molecule has 4 bridgehead atoms. The molecule has 2 N–H and O–H groups in total. The van der Waals surface area contributed by atoms with Crippen LogP contribution in [0.5, 0.6) is 0 Å². The van der Waals surface area contributed by atoms with Crippen LogP contribution >= 0.6 is 0 Å². The molecule has 4 aliphatic rings. The predicted octanol–water partition coefficient (Wildman–Crippen LogP) is 4.92. The first-order valence-corrected chi connectivity index (χ1v) is 10.2. The highest BCUT2D eigenvalue weighted by molar-refractivity contribution is 6.01.